The highest BCUT2D eigenvalue weighted by molar-refractivity contribution is 4.79. The second kappa shape index (κ2) is 3.73. The van der Waals surface area contributed by atoms with E-state index in [1.807, 2.05) is 6.92 Å². The molecule has 12 heavy (non-hydrogen) atoms. The van der Waals surface area contributed by atoms with Crippen molar-refractivity contribution in [2.75, 3.05) is 26.9 Å². The number of ether oxygens (including phenoxy) is 2. The maximum atomic E-state index is 5.55. The van der Waals surface area contributed by atoms with Crippen molar-refractivity contribution in [3.63, 3.8) is 0 Å². The van der Waals surface area contributed by atoms with Gasteiger partial charge in [0.15, 0.2) is 6.29 Å². The van der Waals surface area contributed by atoms with Crippen LogP contribution in [-0.2, 0) is 9.47 Å². The third kappa shape index (κ3) is 2.19. The number of hydrogen-bond donors (Lipinski definition) is 0. The third-order valence-electron chi connectivity index (χ3n) is 2.08. The Balaban J connectivity index is 2.51. The van der Waals surface area contributed by atoms with Gasteiger partial charge < -0.3 is 9.47 Å². The van der Waals surface area contributed by atoms with Crippen molar-refractivity contribution in [3.8, 4) is 0 Å². The van der Waals surface area contributed by atoms with Crippen molar-refractivity contribution >= 4 is 0 Å². The molecular formula is C9H19NO2. The topological polar surface area (TPSA) is 21.7 Å². The summed E-state index contributed by atoms with van der Waals surface area (Å²) in [6, 6.07) is 0. The summed E-state index contributed by atoms with van der Waals surface area (Å²) >= 11 is 0. The average Bonchev–Trinajstić information content (AvgIpc) is 1.94. The van der Waals surface area contributed by atoms with Crippen LogP contribution in [0, 0.1) is 5.41 Å². The van der Waals surface area contributed by atoms with E-state index in [0.717, 1.165) is 13.2 Å². The van der Waals surface area contributed by atoms with Crippen molar-refractivity contribution in [2.24, 2.45) is 5.41 Å². The van der Waals surface area contributed by atoms with Crippen LogP contribution >= 0.6 is 0 Å². The van der Waals surface area contributed by atoms with Crippen molar-refractivity contribution in [3.05, 3.63) is 0 Å². The van der Waals surface area contributed by atoms with Crippen molar-refractivity contribution in [2.45, 2.75) is 27.1 Å². The Morgan fingerprint density at radius 1 is 1.58 bits per heavy atom. The van der Waals surface area contributed by atoms with Crippen LogP contribution < -0.4 is 0 Å². The molecule has 1 heterocycles. The standard InChI is InChI=1S/C9H19NO2/c1-5-11-8-9(2,3)6-10(4)7-12-8/h8H,5-7H2,1-4H3/t8-/m0/s1. The fourth-order valence-electron chi connectivity index (χ4n) is 1.66. The van der Waals surface area contributed by atoms with E-state index in [1.165, 1.54) is 0 Å². The summed E-state index contributed by atoms with van der Waals surface area (Å²) < 4.78 is 11.0. The Morgan fingerprint density at radius 3 is 2.75 bits per heavy atom. The third-order valence-corrected chi connectivity index (χ3v) is 2.08. The molecule has 0 aromatic heterocycles. The SMILES string of the molecule is CCO[C@H]1OCN(C)CC1(C)C. The Kier molecular flexibility index (Phi) is 3.09. The molecule has 0 aliphatic carbocycles. The molecule has 0 unspecified atom stereocenters. The molecule has 0 bridgehead atoms. The van der Waals surface area contributed by atoms with Gasteiger partial charge in [-0.3, -0.25) is 4.90 Å². The molecule has 1 atom stereocenters. The summed E-state index contributed by atoms with van der Waals surface area (Å²) in [7, 11) is 2.06. The van der Waals surface area contributed by atoms with Crippen molar-refractivity contribution in [1.82, 2.24) is 4.90 Å². The van der Waals surface area contributed by atoms with Gasteiger partial charge in [-0.1, -0.05) is 13.8 Å². The molecular weight excluding hydrogens is 154 g/mol. The van der Waals surface area contributed by atoms with E-state index in [1.54, 1.807) is 0 Å². The van der Waals surface area contributed by atoms with Gasteiger partial charge in [-0.05, 0) is 14.0 Å². The van der Waals surface area contributed by atoms with Crippen LogP contribution in [0.3, 0.4) is 0 Å². The maximum Gasteiger partial charge on any atom is 0.165 e. The molecule has 0 aromatic rings. The summed E-state index contributed by atoms with van der Waals surface area (Å²) in [6.45, 7) is 8.76. The van der Waals surface area contributed by atoms with Crippen molar-refractivity contribution < 1.29 is 9.47 Å². The second-order valence-corrected chi connectivity index (χ2v) is 4.09. The lowest BCUT2D eigenvalue weighted by Gasteiger charge is -2.41. The molecule has 0 spiro atoms. The first-order valence-electron chi connectivity index (χ1n) is 4.48. The molecule has 3 nitrogen and oxygen atoms in total. The number of rotatable bonds is 2. The van der Waals surface area contributed by atoms with Crippen LogP contribution in [0.1, 0.15) is 20.8 Å². The molecule has 1 aliphatic rings. The molecule has 1 rings (SSSR count). The van der Waals surface area contributed by atoms with Gasteiger partial charge in [-0.25, -0.2) is 0 Å². The van der Waals surface area contributed by atoms with E-state index < -0.39 is 0 Å². The van der Waals surface area contributed by atoms with E-state index >= 15 is 0 Å². The van der Waals surface area contributed by atoms with Gasteiger partial charge in [0.1, 0.15) is 6.73 Å². The zero-order valence-corrected chi connectivity index (χ0v) is 8.46. The van der Waals surface area contributed by atoms with E-state index in [-0.39, 0.29) is 11.7 Å². The first-order valence-corrected chi connectivity index (χ1v) is 4.48. The summed E-state index contributed by atoms with van der Waals surface area (Å²) in [4.78, 5) is 2.16. The molecule has 3 heteroatoms. The lowest BCUT2D eigenvalue weighted by molar-refractivity contribution is -0.248. The molecule has 1 saturated heterocycles. The molecule has 0 amide bonds. The smallest absolute Gasteiger partial charge is 0.165 e. The summed E-state index contributed by atoms with van der Waals surface area (Å²) in [5.41, 5.74) is 0.100. The average molecular weight is 173 g/mol. The minimum Gasteiger partial charge on any atom is -0.352 e. The van der Waals surface area contributed by atoms with Gasteiger partial charge in [0, 0.05) is 18.6 Å². The largest absolute Gasteiger partial charge is 0.352 e. The summed E-state index contributed by atoms with van der Waals surface area (Å²) in [5.74, 6) is 0. The van der Waals surface area contributed by atoms with Gasteiger partial charge in [-0.15, -0.1) is 0 Å². The summed E-state index contributed by atoms with van der Waals surface area (Å²) in [5, 5.41) is 0. The molecule has 0 aromatic carbocycles. The molecule has 1 aliphatic heterocycles. The molecule has 72 valence electrons. The van der Waals surface area contributed by atoms with E-state index in [2.05, 4.69) is 25.8 Å². The van der Waals surface area contributed by atoms with Crippen LogP contribution in [0.5, 0.6) is 0 Å². The second-order valence-electron chi connectivity index (χ2n) is 4.09. The lowest BCUT2D eigenvalue weighted by Crippen LogP contribution is -2.49. The maximum absolute atomic E-state index is 5.55. The van der Waals surface area contributed by atoms with Gasteiger partial charge in [0.25, 0.3) is 0 Å². The Labute approximate surface area is 74.6 Å². The van der Waals surface area contributed by atoms with Crippen LogP contribution in [0.25, 0.3) is 0 Å². The van der Waals surface area contributed by atoms with Crippen LogP contribution in [0.15, 0.2) is 0 Å². The fraction of sp³-hybridized carbons (Fsp3) is 1.00. The Morgan fingerprint density at radius 2 is 2.25 bits per heavy atom. The normalized spacial score (nSPS) is 30.5. The minimum atomic E-state index is -0.0429. The molecule has 1 fully saturated rings. The van der Waals surface area contributed by atoms with Crippen molar-refractivity contribution in [1.29, 1.82) is 0 Å². The highest BCUT2D eigenvalue weighted by Gasteiger charge is 2.36. The predicted octanol–water partition coefficient (Wildman–Crippen LogP) is 1.29. The lowest BCUT2D eigenvalue weighted by atomic mass is 9.91. The Bertz CT molecular complexity index is 147. The van der Waals surface area contributed by atoms with E-state index in [4.69, 9.17) is 9.47 Å². The number of hydrogen-bond acceptors (Lipinski definition) is 3. The minimum absolute atomic E-state index is 0.0429. The van der Waals surface area contributed by atoms with Gasteiger partial charge >= 0.3 is 0 Å². The zero-order valence-electron chi connectivity index (χ0n) is 8.46. The first kappa shape index (κ1) is 9.96. The summed E-state index contributed by atoms with van der Waals surface area (Å²) in [6.07, 6.45) is -0.0429. The molecule has 0 radical (unpaired) electrons. The van der Waals surface area contributed by atoms with Crippen LogP contribution in [-0.4, -0.2) is 38.1 Å². The van der Waals surface area contributed by atoms with Gasteiger partial charge in [0.05, 0.1) is 0 Å². The molecule has 0 N–H and O–H groups in total. The predicted molar refractivity (Wildman–Crippen MR) is 47.8 cm³/mol. The monoisotopic (exact) mass is 173 g/mol. The zero-order chi connectivity index (χ0) is 9.19. The van der Waals surface area contributed by atoms with Gasteiger partial charge in [0.2, 0.25) is 0 Å². The van der Waals surface area contributed by atoms with Gasteiger partial charge in [-0.2, -0.15) is 0 Å². The van der Waals surface area contributed by atoms with Crippen LogP contribution in [0.4, 0.5) is 0 Å². The highest BCUT2D eigenvalue weighted by atomic mass is 16.7. The Hall–Kier alpha value is -0.120. The van der Waals surface area contributed by atoms with E-state index in [9.17, 15) is 0 Å². The number of nitrogens with zero attached hydrogens (tertiary/aromatic N) is 1. The van der Waals surface area contributed by atoms with Crippen LogP contribution in [0.2, 0.25) is 0 Å². The highest BCUT2D eigenvalue weighted by Crippen LogP contribution is 2.28. The quantitative estimate of drug-likeness (QED) is 0.628. The molecule has 0 saturated carbocycles. The first-order chi connectivity index (χ1) is 5.56. The fourth-order valence-corrected chi connectivity index (χ4v) is 1.66. The van der Waals surface area contributed by atoms with E-state index in [0.29, 0.717) is 6.73 Å².